The molecule has 0 saturated heterocycles. The van der Waals surface area contributed by atoms with Crippen LogP contribution in [0, 0.1) is 0 Å². The lowest BCUT2D eigenvalue weighted by Gasteiger charge is -2.17. The van der Waals surface area contributed by atoms with Crippen molar-refractivity contribution in [2.24, 2.45) is 5.73 Å². The van der Waals surface area contributed by atoms with Crippen molar-refractivity contribution in [1.82, 2.24) is 0 Å². The summed E-state index contributed by atoms with van der Waals surface area (Å²) < 4.78 is 5.69. The Labute approximate surface area is 96.8 Å². The smallest absolute Gasteiger partial charge is 0.133 e. The van der Waals surface area contributed by atoms with Gasteiger partial charge in [-0.2, -0.15) is 0 Å². The number of ether oxygens (including phenoxy) is 1. The lowest BCUT2D eigenvalue weighted by molar-refractivity contribution is 0.149. The zero-order valence-corrected chi connectivity index (χ0v) is 10.2. The van der Waals surface area contributed by atoms with Gasteiger partial charge in [-0.15, -0.1) is 0 Å². The Morgan fingerprint density at radius 3 is 2.53 bits per heavy atom. The van der Waals surface area contributed by atoms with Gasteiger partial charge < -0.3 is 20.7 Å². The Morgan fingerprint density at radius 1 is 1.47 bits per heavy atom. The third-order valence-corrected chi connectivity index (χ3v) is 2.74. The molecule has 2 unspecified atom stereocenters. The van der Waals surface area contributed by atoms with Crippen molar-refractivity contribution in [2.75, 3.05) is 7.11 Å². The number of hydrogen-bond donors (Lipinski definition) is 3. The van der Waals surface area contributed by atoms with Crippen molar-refractivity contribution in [3.05, 3.63) is 22.2 Å². The van der Waals surface area contributed by atoms with Crippen LogP contribution in [0.3, 0.4) is 0 Å². The van der Waals surface area contributed by atoms with E-state index in [2.05, 4.69) is 15.9 Å². The molecule has 5 heteroatoms. The van der Waals surface area contributed by atoms with Gasteiger partial charge in [-0.05, 0) is 35.0 Å². The van der Waals surface area contributed by atoms with Gasteiger partial charge in [0.1, 0.15) is 11.5 Å². The predicted octanol–water partition coefficient (Wildman–Crippen LogP) is 1.54. The molecule has 0 heterocycles. The molecule has 4 N–H and O–H groups in total. The highest BCUT2D eigenvalue weighted by atomic mass is 79.9. The van der Waals surface area contributed by atoms with Crippen LogP contribution in [0.25, 0.3) is 0 Å². The number of aliphatic hydroxyl groups is 1. The average Bonchev–Trinajstić information content (AvgIpc) is 2.17. The van der Waals surface area contributed by atoms with E-state index in [4.69, 9.17) is 10.5 Å². The van der Waals surface area contributed by atoms with Crippen molar-refractivity contribution >= 4 is 15.9 Å². The first-order valence-electron chi connectivity index (χ1n) is 4.47. The second-order valence-electron chi connectivity index (χ2n) is 3.35. The summed E-state index contributed by atoms with van der Waals surface area (Å²) in [4.78, 5) is 0. The van der Waals surface area contributed by atoms with Crippen LogP contribution in [0.2, 0.25) is 0 Å². The number of benzene rings is 1. The van der Waals surface area contributed by atoms with Crippen LogP contribution in [0.1, 0.15) is 18.6 Å². The molecule has 0 aromatic heterocycles. The zero-order valence-electron chi connectivity index (χ0n) is 8.57. The fourth-order valence-corrected chi connectivity index (χ4v) is 1.73. The number of aliphatic hydroxyl groups excluding tert-OH is 1. The van der Waals surface area contributed by atoms with Crippen LogP contribution in [0.4, 0.5) is 0 Å². The Balaban J connectivity index is 3.18. The van der Waals surface area contributed by atoms with Crippen LogP contribution in [-0.4, -0.2) is 23.4 Å². The molecule has 0 spiro atoms. The van der Waals surface area contributed by atoms with E-state index in [9.17, 15) is 10.2 Å². The number of methoxy groups -OCH3 is 1. The molecular weight excluding hydrogens is 262 g/mol. The summed E-state index contributed by atoms with van der Waals surface area (Å²) in [7, 11) is 1.51. The number of aromatic hydroxyl groups is 1. The first-order valence-corrected chi connectivity index (χ1v) is 5.26. The molecule has 0 aliphatic carbocycles. The topological polar surface area (TPSA) is 75.7 Å². The molecule has 2 atom stereocenters. The molecule has 1 rings (SSSR count). The first kappa shape index (κ1) is 12.3. The maximum Gasteiger partial charge on any atom is 0.133 e. The van der Waals surface area contributed by atoms with E-state index < -0.39 is 12.1 Å². The van der Waals surface area contributed by atoms with E-state index in [0.29, 0.717) is 15.8 Å². The van der Waals surface area contributed by atoms with Crippen molar-refractivity contribution in [3.63, 3.8) is 0 Å². The highest BCUT2D eigenvalue weighted by Crippen LogP contribution is 2.35. The molecule has 0 bridgehead atoms. The molecule has 1 aromatic carbocycles. The van der Waals surface area contributed by atoms with Crippen molar-refractivity contribution < 1.29 is 14.9 Å². The standard InChI is InChI=1S/C10H14BrNO3/c1-5(12)10(14)6-3-9(15-2)7(11)4-8(6)13/h3-5,10,13-14H,12H2,1-2H3. The Hall–Kier alpha value is -0.780. The zero-order chi connectivity index (χ0) is 11.6. The second kappa shape index (κ2) is 4.83. The van der Waals surface area contributed by atoms with Gasteiger partial charge in [-0.25, -0.2) is 0 Å². The van der Waals surface area contributed by atoms with Gasteiger partial charge in [0, 0.05) is 11.6 Å². The van der Waals surface area contributed by atoms with Crippen LogP contribution in [0.15, 0.2) is 16.6 Å². The summed E-state index contributed by atoms with van der Waals surface area (Å²) in [6.07, 6.45) is -0.910. The van der Waals surface area contributed by atoms with Crippen molar-refractivity contribution in [3.8, 4) is 11.5 Å². The number of hydrogen-bond acceptors (Lipinski definition) is 4. The number of halogens is 1. The quantitative estimate of drug-likeness (QED) is 0.782. The molecule has 15 heavy (non-hydrogen) atoms. The Bertz CT molecular complexity index is 355. The summed E-state index contributed by atoms with van der Waals surface area (Å²) in [6, 6.07) is 2.58. The highest BCUT2D eigenvalue weighted by molar-refractivity contribution is 9.10. The maximum atomic E-state index is 9.73. The van der Waals surface area contributed by atoms with Gasteiger partial charge in [0.15, 0.2) is 0 Å². The Kier molecular flexibility index (Phi) is 3.96. The lowest BCUT2D eigenvalue weighted by atomic mass is 10.0. The van der Waals surface area contributed by atoms with E-state index in [-0.39, 0.29) is 5.75 Å². The molecule has 0 amide bonds. The monoisotopic (exact) mass is 275 g/mol. The largest absolute Gasteiger partial charge is 0.508 e. The Morgan fingerprint density at radius 2 is 2.07 bits per heavy atom. The van der Waals surface area contributed by atoms with Crippen LogP contribution >= 0.6 is 15.9 Å². The van der Waals surface area contributed by atoms with Crippen LogP contribution in [0.5, 0.6) is 11.5 Å². The summed E-state index contributed by atoms with van der Waals surface area (Å²) >= 11 is 3.23. The minimum Gasteiger partial charge on any atom is -0.508 e. The van der Waals surface area contributed by atoms with E-state index in [0.717, 1.165) is 0 Å². The van der Waals surface area contributed by atoms with Crippen LogP contribution < -0.4 is 10.5 Å². The van der Waals surface area contributed by atoms with E-state index >= 15 is 0 Å². The molecule has 84 valence electrons. The maximum absolute atomic E-state index is 9.73. The summed E-state index contributed by atoms with van der Waals surface area (Å²) in [5.41, 5.74) is 5.92. The molecular formula is C10H14BrNO3. The molecule has 4 nitrogen and oxygen atoms in total. The van der Waals surface area contributed by atoms with Gasteiger partial charge in [-0.1, -0.05) is 0 Å². The average molecular weight is 276 g/mol. The van der Waals surface area contributed by atoms with Crippen LogP contribution in [-0.2, 0) is 0 Å². The molecule has 1 aromatic rings. The fraction of sp³-hybridized carbons (Fsp3) is 0.400. The van der Waals surface area contributed by atoms with E-state index in [1.807, 2.05) is 0 Å². The number of nitrogens with two attached hydrogens (primary N) is 1. The molecule has 0 saturated carbocycles. The summed E-state index contributed by atoms with van der Waals surface area (Å²) in [5, 5.41) is 19.4. The molecule has 0 radical (unpaired) electrons. The van der Waals surface area contributed by atoms with Crippen molar-refractivity contribution in [2.45, 2.75) is 19.1 Å². The molecule has 0 aliphatic rings. The number of phenols is 1. The highest BCUT2D eigenvalue weighted by Gasteiger charge is 2.18. The van der Waals surface area contributed by atoms with E-state index in [1.165, 1.54) is 13.2 Å². The third-order valence-electron chi connectivity index (χ3n) is 2.12. The van der Waals surface area contributed by atoms with Gasteiger partial charge >= 0.3 is 0 Å². The summed E-state index contributed by atoms with van der Waals surface area (Å²) in [6.45, 7) is 1.67. The third kappa shape index (κ3) is 2.62. The number of rotatable bonds is 3. The lowest BCUT2D eigenvalue weighted by Crippen LogP contribution is -2.24. The molecule has 0 fully saturated rings. The van der Waals surface area contributed by atoms with Gasteiger partial charge in [0.2, 0.25) is 0 Å². The van der Waals surface area contributed by atoms with E-state index in [1.54, 1.807) is 13.0 Å². The summed E-state index contributed by atoms with van der Waals surface area (Å²) in [5.74, 6) is 0.537. The predicted molar refractivity (Wildman–Crippen MR) is 61.0 cm³/mol. The SMILES string of the molecule is COc1cc(C(O)C(C)N)c(O)cc1Br. The second-order valence-corrected chi connectivity index (χ2v) is 4.20. The van der Waals surface area contributed by atoms with Gasteiger partial charge in [0.25, 0.3) is 0 Å². The van der Waals surface area contributed by atoms with Gasteiger partial charge in [0.05, 0.1) is 17.7 Å². The normalized spacial score (nSPS) is 14.7. The first-order chi connectivity index (χ1) is 6.97. The minimum absolute atomic E-state index is 0.00697. The number of phenolic OH excluding ortho intramolecular Hbond substituents is 1. The fourth-order valence-electron chi connectivity index (χ4n) is 1.24. The van der Waals surface area contributed by atoms with Gasteiger partial charge in [-0.3, -0.25) is 0 Å². The molecule has 0 aliphatic heterocycles. The van der Waals surface area contributed by atoms with Crippen molar-refractivity contribution in [1.29, 1.82) is 0 Å². The minimum atomic E-state index is -0.910.